The van der Waals surface area contributed by atoms with Crippen molar-refractivity contribution in [2.45, 2.75) is 19.2 Å². The standard InChI is InChI=1S/C17H17FN7O6PS.2Na/c1-23-21-16(20-22-23)24-6-13-14(7-24)33-15(19-13)11-3-2-9(4-12(11)18)25-5-10(31-17(25)26)8-30-32(27,28)29;;/h2-4,10H,5-8H2,1H3,(H2,27,28,29);;/q;2*+1/p-2/t10-;;/m1../s1. The van der Waals surface area contributed by atoms with Gasteiger partial charge in [-0.2, -0.15) is 4.80 Å². The molecule has 13 nitrogen and oxygen atoms in total. The number of nitrogens with zero attached hydrogens (tertiary/aromatic N) is 7. The summed E-state index contributed by atoms with van der Waals surface area (Å²) in [5.74, 6) is -0.0854. The van der Waals surface area contributed by atoms with Crippen LogP contribution < -0.4 is 78.7 Å². The van der Waals surface area contributed by atoms with Gasteiger partial charge in [0.15, 0.2) is 0 Å². The van der Waals surface area contributed by atoms with Gasteiger partial charge in [-0.1, -0.05) is 5.10 Å². The number of benzene rings is 1. The van der Waals surface area contributed by atoms with Gasteiger partial charge in [0, 0.05) is 10.4 Å². The number of ether oxygens (including phenoxy) is 1. The van der Waals surface area contributed by atoms with Gasteiger partial charge in [0.2, 0.25) is 0 Å². The van der Waals surface area contributed by atoms with Crippen molar-refractivity contribution in [3.8, 4) is 10.6 Å². The molecule has 0 aliphatic carbocycles. The van der Waals surface area contributed by atoms with Crippen molar-refractivity contribution >= 4 is 36.9 Å². The van der Waals surface area contributed by atoms with Gasteiger partial charge in [-0.25, -0.2) is 14.2 Å². The Morgan fingerprint density at radius 2 is 2.09 bits per heavy atom. The maximum absolute atomic E-state index is 14.9. The maximum atomic E-state index is 14.9. The van der Waals surface area contributed by atoms with E-state index in [2.05, 4.69) is 24.9 Å². The second-order valence-corrected chi connectivity index (χ2v) is 9.58. The van der Waals surface area contributed by atoms with Crippen LogP contribution in [0.5, 0.6) is 0 Å². The van der Waals surface area contributed by atoms with E-state index in [1.54, 1.807) is 7.05 Å². The topological polar surface area (TPSA) is 162 Å². The number of hydrogen-bond acceptors (Lipinski definition) is 12. The number of anilines is 2. The van der Waals surface area contributed by atoms with E-state index in [1.807, 2.05) is 4.90 Å². The molecule has 2 aromatic heterocycles. The summed E-state index contributed by atoms with van der Waals surface area (Å²) in [6.45, 7) is 0.343. The van der Waals surface area contributed by atoms with E-state index in [4.69, 9.17) is 4.74 Å². The number of amides is 1. The van der Waals surface area contributed by atoms with E-state index in [0.29, 0.717) is 24.0 Å². The average Bonchev–Trinajstić information content (AvgIpc) is 3.49. The molecule has 0 spiro atoms. The predicted octanol–water partition coefficient (Wildman–Crippen LogP) is -5.83. The molecule has 3 aromatic rings. The first-order valence-corrected chi connectivity index (χ1v) is 11.9. The van der Waals surface area contributed by atoms with Crippen LogP contribution in [0.15, 0.2) is 18.2 Å². The maximum Gasteiger partial charge on any atom is 1.00 e. The number of fused-ring (bicyclic) bond motifs is 1. The number of hydrogen-bond donors (Lipinski definition) is 0. The molecule has 2 aliphatic heterocycles. The molecule has 2 aliphatic rings. The second-order valence-electron chi connectivity index (χ2n) is 7.35. The Bertz CT molecular complexity index is 1270. The molecule has 1 fully saturated rings. The molecule has 1 aromatic carbocycles. The van der Waals surface area contributed by atoms with E-state index in [0.717, 1.165) is 15.5 Å². The molecule has 0 radical (unpaired) electrons. The Morgan fingerprint density at radius 3 is 2.71 bits per heavy atom. The van der Waals surface area contributed by atoms with Crippen molar-refractivity contribution in [1.82, 2.24) is 25.2 Å². The van der Waals surface area contributed by atoms with Crippen LogP contribution in [0.3, 0.4) is 0 Å². The minimum Gasteiger partial charge on any atom is -0.790 e. The summed E-state index contributed by atoms with van der Waals surface area (Å²) < 4.78 is 34.7. The number of cyclic esters (lactones) is 1. The first-order chi connectivity index (χ1) is 15.7. The zero-order chi connectivity index (χ0) is 23.3. The zero-order valence-electron chi connectivity index (χ0n) is 19.0. The molecule has 1 amide bonds. The van der Waals surface area contributed by atoms with Crippen molar-refractivity contribution < 1.29 is 91.9 Å². The number of carbonyl (C=O) groups excluding carboxylic acids is 1. The number of carbonyl (C=O) groups is 1. The van der Waals surface area contributed by atoms with E-state index in [9.17, 15) is 23.5 Å². The molecular weight excluding hydrogens is 526 g/mol. The number of phosphoric ester groups is 1. The Morgan fingerprint density at radius 1 is 1.31 bits per heavy atom. The molecule has 174 valence electrons. The Hall–Kier alpha value is -0.970. The third-order valence-corrected chi connectivity index (χ3v) is 6.60. The van der Waals surface area contributed by atoms with Crippen molar-refractivity contribution in [1.29, 1.82) is 0 Å². The summed E-state index contributed by atoms with van der Waals surface area (Å²) in [4.78, 5) is 43.3. The quantitative estimate of drug-likeness (QED) is 0.216. The summed E-state index contributed by atoms with van der Waals surface area (Å²) in [5.41, 5.74) is 1.32. The number of halogens is 1. The molecular formula is C17H15FN7Na2O6PS. The molecule has 5 rings (SSSR count). The third kappa shape index (κ3) is 6.30. The van der Waals surface area contributed by atoms with Crippen LogP contribution in [-0.2, 0) is 34.0 Å². The van der Waals surface area contributed by atoms with Crippen LogP contribution >= 0.6 is 19.2 Å². The van der Waals surface area contributed by atoms with Crippen molar-refractivity contribution in [2.24, 2.45) is 7.05 Å². The number of thiazole rings is 1. The van der Waals surface area contributed by atoms with Crippen LogP contribution in [-0.4, -0.2) is 50.5 Å². The van der Waals surface area contributed by atoms with Crippen LogP contribution in [0.2, 0.25) is 0 Å². The third-order valence-electron chi connectivity index (χ3n) is 5.02. The van der Waals surface area contributed by atoms with Crippen molar-refractivity contribution in [3.63, 3.8) is 0 Å². The number of phosphoric acid groups is 1. The summed E-state index contributed by atoms with van der Waals surface area (Å²) in [7, 11) is -3.51. The van der Waals surface area contributed by atoms with Gasteiger partial charge in [-0.3, -0.25) is 4.90 Å². The van der Waals surface area contributed by atoms with Gasteiger partial charge in [0.1, 0.15) is 16.9 Å². The first kappa shape index (κ1) is 28.6. The SMILES string of the molecule is Cn1nnc(N2Cc3nc(-c4ccc(N5C[C@H](COP(=O)([O-])[O-])OC5=O)cc4F)sc3C2)n1.[Na+].[Na+]. The smallest absolute Gasteiger partial charge is 0.790 e. The number of aryl methyl sites for hydroxylation is 1. The van der Waals surface area contributed by atoms with Gasteiger partial charge < -0.3 is 28.5 Å². The normalized spacial score (nSPS) is 17.1. The largest absolute Gasteiger partial charge is 1.00 e. The number of tetrazole rings is 1. The molecule has 4 heterocycles. The monoisotopic (exact) mass is 541 g/mol. The zero-order valence-corrected chi connectivity index (χ0v) is 24.7. The summed E-state index contributed by atoms with van der Waals surface area (Å²) >= 11 is 1.36. The molecule has 1 atom stereocenters. The molecule has 18 heteroatoms. The fourth-order valence-electron chi connectivity index (χ4n) is 3.54. The molecule has 1 saturated heterocycles. The fourth-order valence-corrected chi connectivity index (χ4v) is 5.00. The Kier molecular flexibility index (Phi) is 9.14. The second kappa shape index (κ2) is 11.2. The Balaban J connectivity index is 0.00000171. The van der Waals surface area contributed by atoms with Gasteiger partial charge >= 0.3 is 65.2 Å². The first-order valence-electron chi connectivity index (χ1n) is 9.58. The summed E-state index contributed by atoms with van der Waals surface area (Å²) in [6.07, 6.45) is -1.77. The minimum atomic E-state index is -5.19. The minimum absolute atomic E-state index is 0. The fraction of sp³-hybridized carbons (Fsp3) is 0.353. The number of rotatable bonds is 6. The van der Waals surface area contributed by atoms with Gasteiger partial charge in [-0.05, 0) is 23.4 Å². The van der Waals surface area contributed by atoms with E-state index < -0.39 is 32.4 Å². The van der Waals surface area contributed by atoms with Crippen LogP contribution in [0.1, 0.15) is 10.6 Å². The van der Waals surface area contributed by atoms with Crippen molar-refractivity contribution in [3.05, 3.63) is 34.6 Å². The van der Waals surface area contributed by atoms with Gasteiger partial charge in [0.05, 0.1) is 52.5 Å². The Labute approximate surface area is 246 Å². The van der Waals surface area contributed by atoms with Gasteiger partial charge in [-0.15, -0.1) is 16.4 Å². The summed E-state index contributed by atoms with van der Waals surface area (Å²) in [5, 5.41) is 12.5. The molecule has 0 N–H and O–H groups in total. The number of aromatic nitrogens is 5. The van der Waals surface area contributed by atoms with Crippen molar-refractivity contribution in [2.75, 3.05) is 23.0 Å². The van der Waals surface area contributed by atoms with E-state index >= 15 is 0 Å². The van der Waals surface area contributed by atoms with Crippen LogP contribution in [0.25, 0.3) is 10.6 Å². The molecule has 0 saturated carbocycles. The van der Waals surface area contributed by atoms with Crippen LogP contribution in [0, 0.1) is 5.82 Å². The molecule has 0 bridgehead atoms. The predicted molar refractivity (Wildman–Crippen MR) is 107 cm³/mol. The molecule has 0 unspecified atom stereocenters. The van der Waals surface area contributed by atoms with Gasteiger partial charge in [0.25, 0.3) is 5.95 Å². The average molecular weight is 541 g/mol. The van der Waals surface area contributed by atoms with E-state index in [-0.39, 0.29) is 76.9 Å². The molecule has 35 heavy (non-hydrogen) atoms. The van der Waals surface area contributed by atoms with Crippen LogP contribution in [0.4, 0.5) is 20.8 Å². The summed E-state index contributed by atoms with van der Waals surface area (Å²) in [6, 6.07) is 4.23. The van der Waals surface area contributed by atoms with E-state index in [1.165, 1.54) is 34.3 Å².